The Morgan fingerprint density at radius 2 is 2.21 bits per heavy atom. The van der Waals surface area contributed by atoms with E-state index >= 15 is 0 Å². The number of nitrogens with one attached hydrogen (secondary N) is 1. The summed E-state index contributed by atoms with van der Waals surface area (Å²) in [6.07, 6.45) is 3.29. The highest BCUT2D eigenvalue weighted by Crippen LogP contribution is 2.28. The van der Waals surface area contributed by atoms with Crippen molar-refractivity contribution in [1.82, 2.24) is 10.2 Å². The number of carbonyl (C=O) groups is 1. The summed E-state index contributed by atoms with van der Waals surface area (Å²) >= 11 is 0. The summed E-state index contributed by atoms with van der Waals surface area (Å²) in [4.78, 5) is 14.6. The Kier molecular flexibility index (Phi) is 3.14. The molecule has 0 bridgehead atoms. The molecular weight excluding hydrogens is 245 g/mol. The minimum absolute atomic E-state index is 0.165. The number of halogens is 1. The molecule has 1 amide bonds. The Bertz CT molecular complexity index is 505. The first kappa shape index (κ1) is 12.4. The van der Waals surface area contributed by atoms with E-state index in [2.05, 4.69) is 10.2 Å². The average Bonchev–Trinajstić information content (AvgIpc) is 2.97. The largest absolute Gasteiger partial charge is 0.398 e. The van der Waals surface area contributed by atoms with Gasteiger partial charge in [0, 0.05) is 24.3 Å². The van der Waals surface area contributed by atoms with Crippen LogP contribution in [0.25, 0.3) is 0 Å². The van der Waals surface area contributed by atoms with Crippen molar-refractivity contribution in [2.24, 2.45) is 0 Å². The van der Waals surface area contributed by atoms with Crippen LogP contribution in [0.15, 0.2) is 18.2 Å². The van der Waals surface area contributed by atoms with E-state index in [4.69, 9.17) is 5.73 Å². The van der Waals surface area contributed by atoms with Gasteiger partial charge in [-0.2, -0.15) is 0 Å². The fourth-order valence-electron chi connectivity index (χ4n) is 3.22. The standard InChI is InChI=1S/C14H18FN3O/c15-9-3-4-11(16)10(8-9)14(19)17-12-5-7-18-6-1-2-13(12)18/h3-4,8,12-13H,1-2,5-7,16H2,(H,17,19). The van der Waals surface area contributed by atoms with E-state index in [1.54, 1.807) is 0 Å². The first-order valence-electron chi connectivity index (χ1n) is 6.75. The maximum atomic E-state index is 13.2. The Hall–Kier alpha value is -1.62. The molecule has 2 unspecified atom stereocenters. The number of hydrogen-bond donors (Lipinski definition) is 2. The molecule has 3 rings (SSSR count). The third-order valence-corrected chi connectivity index (χ3v) is 4.18. The molecule has 2 aliphatic heterocycles. The molecule has 0 saturated carbocycles. The van der Waals surface area contributed by atoms with Crippen LogP contribution in [0.4, 0.5) is 10.1 Å². The molecule has 102 valence electrons. The Morgan fingerprint density at radius 3 is 3.05 bits per heavy atom. The topological polar surface area (TPSA) is 58.4 Å². The number of rotatable bonds is 2. The highest BCUT2D eigenvalue weighted by molar-refractivity contribution is 5.99. The lowest BCUT2D eigenvalue weighted by atomic mass is 10.1. The number of anilines is 1. The molecule has 0 aromatic heterocycles. The van der Waals surface area contributed by atoms with Crippen molar-refractivity contribution >= 4 is 11.6 Å². The van der Waals surface area contributed by atoms with Crippen LogP contribution in [0, 0.1) is 5.82 Å². The van der Waals surface area contributed by atoms with Crippen molar-refractivity contribution in [1.29, 1.82) is 0 Å². The van der Waals surface area contributed by atoms with E-state index in [-0.39, 0.29) is 17.5 Å². The fourth-order valence-corrected chi connectivity index (χ4v) is 3.22. The molecule has 2 fully saturated rings. The van der Waals surface area contributed by atoms with Gasteiger partial charge in [-0.15, -0.1) is 0 Å². The predicted octanol–water partition coefficient (Wildman–Crippen LogP) is 1.37. The number of fused-ring (bicyclic) bond motifs is 1. The van der Waals surface area contributed by atoms with Crippen molar-refractivity contribution in [3.8, 4) is 0 Å². The lowest BCUT2D eigenvalue weighted by molar-refractivity contribution is 0.0930. The van der Waals surface area contributed by atoms with E-state index in [0.717, 1.165) is 25.9 Å². The second kappa shape index (κ2) is 4.81. The van der Waals surface area contributed by atoms with Crippen LogP contribution in [0.3, 0.4) is 0 Å². The smallest absolute Gasteiger partial charge is 0.253 e. The Labute approximate surface area is 111 Å². The molecule has 2 aliphatic rings. The van der Waals surface area contributed by atoms with Gasteiger partial charge in [0.1, 0.15) is 5.82 Å². The Balaban J connectivity index is 1.73. The summed E-state index contributed by atoms with van der Waals surface area (Å²) in [5.41, 5.74) is 6.29. The van der Waals surface area contributed by atoms with Crippen molar-refractivity contribution in [3.05, 3.63) is 29.6 Å². The van der Waals surface area contributed by atoms with Crippen molar-refractivity contribution in [3.63, 3.8) is 0 Å². The van der Waals surface area contributed by atoms with Crippen LogP contribution >= 0.6 is 0 Å². The molecule has 0 spiro atoms. The maximum Gasteiger partial charge on any atom is 0.253 e. The lowest BCUT2D eigenvalue weighted by Crippen LogP contribution is -2.42. The van der Waals surface area contributed by atoms with E-state index < -0.39 is 5.82 Å². The summed E-state index contributed by atoms with van der Waals surface area (Å²) in [5.74, 6) is -0.705. The van der Waals surface area contributed by atoms with Crippen LogP contribution in [0.1, 0.15) is 29.6 Å². The zero-order chi connectivity index (χ0) is 13.4. The molecule has 3 N–H and O–H groups in total. The monoisotopic (exact) mass is 263 g/mol. The molecule has 2 saturated heterocycles. The molecular formula is C14H18FN3O. The minimum atomic E-state index is -0.437. The molecule has 2 heterocycles. The summed E-state index contributed by atoms with van der Waals surface area (Å²) in [5, 5.41) is 3.01. The number of amides is 1. The van der Waals surface area contributed by atoms with E-state index in [1.165, 1.54) is 24.6 Å². The van der Waals surface area contributed by atoms with Gasteiger partial charge >= 0.3 is 0 Å². The molecule has 0 radical (unpaired) electrons. The van der Waals surface area contributed by atoms with E-state index in [9.17, 15) is 9.18 Å². The molecule has 5 heteroatoms. The van der Waals surface area contributed by atoms with Crippen molar-refractivity contribution < 1.29 is 9.18 Å². The highest BCUT2D eigenvalue weighted by Gasteiger charge is 2.37. The normalized spacial score (nSPS) is 26.4. The number of nitrogen functional groups attached to an aromatic ring is 1. The van der Waals surface area contributed by atoms with E-state index in [0.29, 0.717) is 11.7 Å². The van der Waals surface area contributed by atoms with E-state index in [1.807, 2.05) is 0 Å². The minimum Gasteiger partial charge on any atom is -0.398 e. The number of nitrogens with zero attached hydrogens (tertiary/aromatic N) is 1. The van der Waals surface area contributed by atoms with Crippen LogP contribution in [0.2, 0.25) is 0 Å². The van der Waals surface area contributed by atoms with Gasteiger partial charge in [0.2, 0.25) is 0 Å². The zero-order valence-electron chi connectivity index (χ0n) is 10.7. The van der Waals surface area contributed by atoms with Crippen molar-refractivity contribution in [2.45, 2.75) is 31.3 Å². The van der Waals surface area contributed by atoms with Gasteiger partial charge in [-0.05, 0) is 44.0 Å². The van der Waals surface area contributed by atoms with Crippen LogP contribution in [-0.2, 0) is 0 Å². The van der Waals surface area contributed by atoms with Gasteiger partial charge in [-0.1, -0.05) is 0 Å². The lowest BCUT2D eigenvalue weighted by Gasteiger charge is -2.21. The summed E-state index contributed by atoms with van der Waals surface area (Å²) in [7, 11) is 0. The van der Waals surface area contributed by atoms with Gasteiger partial charge in [0.25, 0.3) is 5.91 Å². The zero-order valence-corrected chi connectivity index (χ0v) is 10.7. The van der Waals surface area contributed by atoms with Crippen LogP contribution in [0.5, 0.6) is 0 Å². The second-order valence-corrected chi connectivity index (χ2v) is 5.35. The number of benzene rings is 1. The molecule has 0 aliphatic carbocycles. The molecule has 1 aromatic rings. The van der Waals surface area contributed by atoms with Gasteiger partial charge in [-0.25, -0.2) is 4.39 Å². The van der Waals surface area contributed by atoms with Gasteiger partial charge in [0.05, 0.1) is 5.56 Å². The predicted molar refractivity (Wildman–Crippen MR) is 71.3 cm³/mol. The summed E-state index contributed by atoms with van der Waals surface area (Å²) < 4.78 is 13.2. The molecule has 19 heavy (non-hydrogen) atoms. The van der Waals surface area contributed by atoms with Crippen molar-refractivity contribution in [2.75, 3.05) is 18.8 Å². The van der Waals surface area contributed by atoms with Gasteiger partial charge in [-0.3, -0.25) is 9.69 Å². The Morgan fingerprint density at radius 1 is 1.37 bits per heavy atom. The number of nitrogens with two attached hydrogens (primary N) is 1. The third kappa shape index (κ3) is 2.30. The quantitative estimate of drug-likeness (QED) is 0.792. The fraction of sp³-hybridized carbons (Fsp3) is 0.500. The van der Waals surface area contributed by atoms with Crippen LogP contribution in [-0.4, -0.2) is 36.0 Å². The SMILES string of the molecule is Nc1ccc(F)cc1C(=O)NC1CCN2CCCC12. The molecule has 2 atom stereocenters. The summed E-state index contributed by atoms with van der Waals surface area (Å²) in [6, 6.07) is 4.50. The highest BCUT2D eigenvalue weighted by atomic mass is 19.1. The third-order valence-electron chi connectivity index (χ3n) is 4.18. The van der Waals surface area contributed by atoms with Crippen LogP contribution < -0.4 is 11.1 Å². The first-order valence-corrected chi connectivity index (χ1v) is 6.75. The molecule has 4 nitrogen and oxygen atoms in total. The molecule has 1 aromatic carbocycles. The average molecular weight is 263 g/mol. The second-order valence-electron chi connectivity index (χ2n) is 5.35. The van der Waals surface area contributed by atoms with Gasteiger partial charge < -0.3 is 11.1 Å². The number of hydrogen-bond acceptors (Lipinski definition) is 3. The maximum absolute atomic E-state index is 13.2. The van der Waals surface area contributed by atoms with Gasteiger partial charge in [0.15, 0.2) is 0 Å². The number of carbonyl (C=O) groups excluding carboxylic acids is 1. The summed E-state index contributed by atoms with van der Waals surface area (Å²) in [6.45, 7) is 2.16. The first-order chi connectivity index (χ1) is 9.15.